The van der Waals surface area contributed by atoms with Gasteiger partial charge < -0.3 is 15.5 Å². The molecule has 0 radical (unpaired) electrons. The molecule has 1 aromatic rings. The number of urea groups is 1. The number of rotatable bonds is 7. The molecular formula is C19H24N4O2S. The number of benzene rings is 1. The van der Waals surface area contributed by atoms with Crippen LogP contribution in [0.15, 0.2) is 24.3 Å². The number of hydrogen-bond acceptors (Lipinski definition) is 4. The van der Waals surface area contributed by atoms with Crippen LogP contribution >= 0.6 is 11.8 Å². The summed E-state index contributed by atoms with van der Waals surface area (Å²) in [7, 11) is 1.80. The third kappa shape index (κ3) is 4.50. The van der Waals surface area contributed by atoms with Gasteiger partial charge in [0.1, 0.15) is 0 Å². The lowest BCUT2D eigenvalue weighted by Crippen LogP contribution is -2.36. The highest BCUT2D eigenvalue weighted by Crippen LogP contribution is 2.33. The van der Waals surface area contributed by atoms with Crippen LogP contribution in [0.2, 0.25) is 0 Å². The molecule has 0 aromatic heterocycles. The van der Waals surface area contributed by atoms with Crippen LogP contribution in [0, 0.1) is 11.3 Å². The smallest absolute Gasteiger partial charge is 0.315 e. The summed E-state index contributed by atoms with van der Waals surface area (Å²) in [6, 6.07) is 9.92. The number of amides is 3. The van der Waals surface area contributed by atoms with Crippen molar-refractivity contribution < 1.29 is 9.59 Å². The lowest BCUT2D eigenvalue weighted by atomic mass is 10.0. The lowest BCUT2D eigenvalue weighted by Gasteiger charge is -2.18. The van der Waals surface area contributed by atoms with Crippen molar-refractivity contribution in [2.24, 2.45) is 0 Å². The summed E-state index contributed by atoms with van der Waals surface area (Å²) in [6.45, 7) is 0.522. The zero-order chi connectivity index (χ0) is 18.5. The molecule has 2 aliphatic heterocycles. The molecule has 7 heteroatoms. The Morgan fingerprint density at radius 1 is 1.38 bits per heavy atom. The Morgan fingerprint density at radius 3 is 3.04 bits per heavy atom. The van der Waals surface area contributed by atoms with Crippen molar-refractivity contribution in [3.05, 3.63) is 35.4 Å². The number of thioether (sulfide) groups is 1. The number of hydrogen-bond donors (Lipinski definition) is 2. The van der Waals surface area contributed by atoms with Crippen LogP contribution in [0.1, 0.15) is 36.8 Å². The van der Waals surface area contributed by atoms with E-state index in [0.29, 0.717) is 23.8 Å². The first-order valence-electron chi connectivity index (χ1n) is 8.98. The molecule has 2 aliphatic rings. The van der Waals surface area contributed by atoms with E-state index in [0.717, 1.165) is 30.6 Å². The number of nitrogens with one attached hydrogen (secondary N) is 2. The maximum absolute atomic E-state index is 12.3. The fraction of sp³-hybridized carbons (Fsp3) is 0.526. The molecule has 3 atom stereocenters. The fourth-order valence-electron chi connectivity index (χ4n) is 3.56. The summed E-state index contributed by atoms with van der Waals surface area (Å²) in [5.74, 6) is 1.09. The van der Waals surface area contributed by atoms with E-state index in [1.807, 2.05) is 30.0 Å². The number of nitriles is 1. The van der Waals surface area contributed by atoms with Crippen molar-refractivity contribution in [3.8, 4) is 6.07 Å². The third-order valence-corrected chi connectivity index (χ3v) is 6.48. The van der Waals surface area contributed by atoms with Crippen LogP contribution in [-0.4, -0.2) is 47.0 Å². The van der Waals surface area contributed by atoms with Gasteiger partial charge >= 0.3 is 6.03 Å². The maximum atomic E-state index is 12.3. The van der Waals surface area contributed by atoms with Gasteiger partial charge in [0, 0.05) is 31.0 Å². The molecule has 2 saturated heterocycles. The summed E-state index contributed by atoms with van der Waals surface area (Å²) >= 11 is 1.91. The van der Waals surface area contributed by atoms with E-state index in [-0.39, 0.29) is 24.0 Å². The molecule has 0 bridgehead atoms. The number of unbranched alkanes of at least 4 members (excludes halogenated alkanes) is 1. The van der Waals surface area contributed by atoms with Gasteiger partial charge in [0.05, 0.1) is 23.7 Å². The molecule has 26 heavy (non-hydrogen) atoms. The molecule has 6 nitrogen and oxygen atoms in total. The molecule has 0 spiro atoms. The fourth-order valence-corrected chi connectivity index (χ4v) is 5.10. The van der Waals surface area contributed by atoms with Gasteiger partial charge in [0.2, 0.25) is 5.91 Å². The molecule has 1 aromatic carbocycles. The standard InChI is InChI=1S/C19H24N4O2S/c1-23(11-14-6-4-5-13(9-14)10-20)17(24)8-3-2-7-16-18-15(12-26-16)21-19(25)22-18/h4-6,9,15-16,18H,2-3,7-8,11-12H2,1H3,(H2,21,22,25)/t15-,16-,18-/m0/s1. The van der Waals surface area contributed by atoms with E-state index < -0.39 is 0 Å². The second kappa shape index (κ2) is 8.45. The van der Waals surface area contributed by atoms with E-state index in [2.05, 4.69) is 16.7 Å². The van der Waals surface area contributed by atoms with E-state index in [9.17, 15) is 9.59 Å². The molecule has 3 rings (SSSR count). The second-order valence-corrected chi connectivity index (χ2v) is 8.20. The Morgan fingerprint density at radius 2 is 2.23 bits per heavy atom. The highest BCUT2D eigenvalue weighted by molar-refractivity contribution is 8.00. The van der Waals surface area contributed by atoms with Crippen LogP contribution in [0.3, 0.4) is 0 Å². The van der Waals surface area contributed by atoms with Gasteiger partial charge in [-0.1, -0.05) is 18.6 Å². The van der Waals surface area contributed by atoms with Crippen molar-refractivity contribution in [1.29, 1.82) is 5.26 Å². The predicted molar refractivity (Wildman–Crippen MR) is 102 cm³/mol. The topological polar surface area (TPSA) is 85.2 Å². The van der Waals surface area contributed by atoms with Gasteiger partial charge in [0.15, 0.2) is 0 Å². The summed E-state index contributed by atoms with van der Waals surface area (Å²) < 4.78 is 0. The van der Waals surface area contributed by atoms with E-state index in [1.54, 1.807) is 18.0 Å². The van der Waals surface area contributed by atoms with Crippen molar-refractivity contribution in [2.45, 2.75) is 49.6 Å². The lowest BCUT2D eigenvalue weighted by molar-refractivity contribution is -0.130. The Bertz CT molecular complexity index is 718. The van der Waals surface area contributed by atoms with Crippen LogP contribution in [0.25, 0.3) is 0 Å². The van der Waals surface area contributed by atoms with Crippen LogP contribution in [-0.2, 0) is 11.3 Å². The van der Waals surface area contributed by atoms with Crippen LogP contribution in [0.5, 0.6) is 0 Å². The van der Waals surface area contributed by atoms with Gasteiger partial charge in [0.25, 0.3) is 0 Å². The number of carbonyl (C=O) groups excluding carboxylic acids is 2. The van der Waals surface area contributed by atoms with E-state index in [4.69, 9.17) is 5.26 Å². The summed E-state index contributed by atoms with van der Waals surface area (Å²) in [5.41, 5.74) is 1.59. The molecule has 138 valence electrons. The zero-order valence-electron chi connectivity index (χ0n) is 14.9. The van der Waals surface area contributed by atoms with Gasteiger partial charge in [-0.05, 0) is 30.5 Å². The highest BCUT2D eigenvalue weighted by atomic mass is 32.2. The molecule has 2 N–H and O–H groups in total. The second-order valence-electron chi connectivity index (χ2n) is 6.93. The van der Waals surface area contributed by atoms with Crippen molar-refractivity contribution in [3.63, 3.8) is 0 Å². The average molecular weight is 372 g/mol. The molecule has 2 heterocycles. The minimum Gasteiger partial charge on any atom is -0.341 e. The minimum atomic E-state index is -0.0532. The Kier molecular flexibility index (Phi) is 6.04. The monoisotopic (exact) mass is 372 g/mol. The largest absolute Gasteiger partial charge is 0.341 e. The van der Waals surface area contributed by atoms with Gasteiger partial charge in [-0.15, -0.1) is 0 Å². The first-order chi connectivity index (χ1) is 12.6. The maximum Gasteiger partial charge on any atom is 0.315 e. The molecule has 0 saturated carbocycles. The molecular weight excluding hydrogens is 348 g/mol. The first kappa shape index (κ1) is 18.6. The van der Waals surface area contributed by atoms with Crippen LogP contribution < -0.4 is 10.6 Å². The molecule has 0 unspecified atom stereocenters. The normalized spacial score (nSPS) is 23.7. The highest BCUT2D eigenvalue weighted by Gasteiger charge is 2.42. The number of fused-ring (bicyclic) bond motifs is 1. The third-order valence-electron chi connectivity index (χ3n) is 4.97. The summed E-state index contributed by atoms with van der Waals surface area (Å²) in [4.78, 5) is 25.4. The molecule has 2 fully saturated rings. The van der Waals surface area contributed by atoms with Gasteiger partial charge in [-0.3, -0.25) is 4.79 Å². The first-order valence-corrected chi connectivity index (χ1v) is 10.0. The van der Waals surface area contributed by atoms with Gasteiger partial charge in [-0.2, -0.15) is 17.0 Å². The van der Waals surface area contributed by atoms with Crippen molar-refractivity contribution in [2.75, 3.05) is 12.8 Å². The SMILES string of the molecule is CN(Cc1cccc(C#N)c1)C(=O)CCCC[C@@H]1SC[C@@H]2NC(=O)N[C@@H]21. The summed E-state index contributed by atoms with van der Waals surface area (Å²) in [6.07, 6.45) is 3.40. The Hall–Kier alpha value is -2.20. The Labute approximate surface area is 158 Å². The minimum absolute atomic E-state index is 0.0532. The average Bonchev–Trinajstić information content (AvgIpc) is 3.18. The predicted octanol–water partition coefficient (Wildman–Crippen LogP) is 2.24. The zero-order valence-corrected chi connectivity index (χ0v) is 15.7. The number of carbonyl (C=O) groups is 2. The quantitative estimate of drug-likeness (QED) is 0.568. The molecule has 0 aliphatic carbocycles. The van der Waals surface area contributed by atoms with E-state index >= 15 is 0 Å². The van der Waals surface area contributed by atoms with Crippen LogP contribution in [0.4, 0.5) is 4.79 Å². The Balaban J connectivity index is 1.37. The van der Waals surface area contributed by atoms with E-state index in [1.165, 1.54) is 0 Å². The molecule has 3 amide bonds. The van der Waals surface area contributed by atoms with Crippen molar-refractivity contribution >= 4 is 23.7 Å². The van der Waals surface area contributed by atoms with Crippen molar-refractivity contribution in [1.82, 2.24) is 15.5 Å². The summed E-state index contributed by atoms with van der Waals surface area (Å²) in [5, 5.41) is 15.3. The van der Waals surface area contributed by atoms with Gasteiger partial charge in [-0.25, -0.2) is 4.79 Å². The number of nitrogens with zero attached hydrogens (tertiary/aromatic N) is 2.